The van der Waals surface area contributed by atoms with E-state index in [0.29, 0.717) is 0 Å². The second-order valence-corrected chi connectivity index (χ2v) is 13.5. The highest BCUT2D eigenvalue weighted by atomic mass is 16.7. The van der Waals surface area contributed by atoms with Gasteiger partial charge >= 0.3 is 0 Å². The van der Waals surface area contributed by atoms with Gasteiger partial charge in [-0.1, -0.05) is 52.3 Å². The van der Waals surface area contributed by atoms with Gasteiger partial charge in [0, 0.05) is 23.2 Å². The Morgan fingerprint density at radius 3 is 2.18 bits per heavy atom. The molecule has 5 rings (SSSR count). The second-order valence-electron chi connectivity index (χ2n) is 13.5. The summed E-state index contributed by atoms with van der Waals surface area (Å²) in [4.78, 5) is 13.0. The van der Waals surface area contributed by atoms with E-state index in [2.05, 4.69) is 67.5 Å². The zero-order valence-electron chi connectivity index (χ0n) is 22.9. The molecule has 3 saturated heterocycles. The first-order valence-electron chi connectivity index (χ1n) is 13.1. The number of ether oxygens (including phenoxy) is 3. The van der Waals surface area contributed by atoms with Crippen LogP contribution in [0.1, 0.15) is 76.2 Å². The third kappa shape index (κ3) is 2.79. The van der Waals surface area contributed by atoms with Crippen molar-refractivity contribution in [2.75, 3.05) is 0 Å². The predicted molar refractivity (Wildman–Crippen MR) is 131 cm³/mol. The lowest BCUT2D eigenvalue weighted by Gasteiger charge is -2.71. The first kappa shape index (κ1) is 24.7. The van der Waals surface area contributed by atoms with Gasteiger partial charge in [-0.3, -0.25) is 4.79 Å². The zero-order chi connectivity index (χ0) is 25.4. The number of epoxide rings is 2. The molecule has 5 aliphatic rings. The maximum atomic E-state index is 13.0. The van der Waals surface area contributed by atoms with Crippen LogP contribution in [-0.2, 0) is 19.0 Å². The molecular formula is C29H44O5. The molecule has 5 nitrogen and oxygen atoms in total. The lowest BCUT2D eigenvalue weighted by Crippen LogP contribution is -2.72. The van der Waals surface area contributed by atoms with Crippen LogP contribution in [0.25, 0.3) is 0 Å². The quantitative estimate of drug-likeness (QED) is 0.441. The Labute approximate surface area is 205 Å². The van der Waals surface area contributed by atoms with Crippen molar-refractivity contribution in [3.05, 3.63) is 23.3 Å². The average Bonchev–Trinajstić information content (AvgIpc) is 3.58. The minimum Gasteiger partial charge on any atom is -0.392 e. The van der Waals surface area contributed by atoms with Crippen molar-refractivity contribution in [3.63, 3.8) is 0 Å². The fourth-order valence-corrected chi connectivity index (χ4v) is 9.49. The van der Waals surface area contributed by atoms with Gasteiger partial charge in [0.05, 0.1) is 12.2 Å². The third-order valence-electron chi connectivity index (χ3n) is 10.5. The molecule has 0 aromatic carbocycles. The Bertz CT molecular complexity index is 998. The first-order valence-corrected chi connectivity index (χ1v) is 13.1. The molecule has 3 heterocycles. The summed E-state index contributed by atoms with van der Waals surface area (Å²) in [6.07, 6.45) is 4.07. The summed E-state index contributed by atoms with van der Waals surface area (Å²) in [5, 5.41) is 11.9. The van der Waals surface area contributed by atoms with Gasteiger partial charge in [-0.15, -0.1) is 0 Å². The highest BCUT2D eigenvalue weighted by Gasteiger charge is 2.81. The van der Waals surface area contributed by atoms with Crippen molar-refractivity contribution in [1.29, 1.82) is 0 Å². The summed E-state index contributed by atoms with van der Waals surface area (Å²) in [6.45, 7) is 23.1. The summed E-state index contributed by atoms with van der Waals surface area (Å²) in [6, 6.07) is 0. The molecule has 0 radical (unpaired) electrons. The van der Waals surface area contributed by atoms with Crippen LogP contribution in [0.4, 0.5) is 0 Å². The standard InChI is InChI=1S/C29H44O5/c1-14(2)19(30)17(5)21(31)27(9)20(25(7)12-16(4)22-29(11,33-22)23(25)27)15(3)13-26(8)24-28(10,34-24)18(6)32-26/h12-14,17-18,20-24,31H,1-11H3/b15-13+/t17-,18+,20-,21-,22-,23+,24-,25+,26-,27-,28+,29-/m0/s1. The lowest BCUT2D eigenvalue weighted by atomic mass is 9.32. The highest BCUT2D eigenvalue weighted by molar-refractivity contribution is 5.83. The molecule has 190 valence electrons. The number of carbonyl (C=O) groups excluding carboxylic acids is 1. The monoisotopic (exact) mass is 472 g/mol. The van der Waals surface area contributed by atoms with E-state index in [1.165, 1.54) is 11.1 Å². The largest absolute Gasteiger partial charge is 0.392 e. The molecule has 34 heavy (non-hydrogen) atoms. The molecule has 0 amide bonds. The van der Waals surface area contributed by atoms with Gasteiger partial charge in [0.1, 0.15) is 34.8 Å². The Morgan fingerprint density at radius 1 is 1.06 bits per heavy atom. The normalized spacial score (nSPS) is 54.9. The van der Waals surface area contributed by atoms with E-state index < -0.39 is 23.0 Å². The number of aliphatic hydroxyl groups excluding tert-OH is 1. The number of aliphatic hydroxyl groups is 1. The van der Waals surface area contributed by atoms with E-state index in [-0.39, 0.29) is 58.5 Å². The van der Waals surface area contributed by atoms with Crippen LogP contribution in [0.2, 0.25) is 0 Å². The number of allylic oxidation sites excluding steroid dienone is 2. The van der Waals surface area contributed by atoms with E-state index in [9.17, 15) is 9.90 Å². The topological polar surface area (TPSA) is 71.6 Å². The predicted octanol–water partition coefficient (Wildman–Crippen LogP) is 4.87. The van der Waals surface area contributed by atoms with Crippen molar-refractivity contribution < 1.29 is 24.1 Å². The van der Waals surface area contributed by atoms with Crippen molar-refractivity contribution in [2.45, 2.75) is 117 Å². The SMILES string of the molecule is CC1=C[C@]2(C)[C@H](/C(C)=C/[C@]3(C)O[C@H](C)[C@@]4(C)O[C@H]43)[C@@](C)([C@@H](O)[C@@H](C)C(=O)C(C)C)[C@@H]2[C@@]2(C)O[C@@H]12. The molecule has 0 bridgehead atoms. The van der Waals surface area contributed by atoms with E-state index in [4.69, 9.17) is 14.2 Å². The molecule has 1 saturated carbocycles. The van der Waals surface area contributed by atoms with Crippen LogP contribution in [0, 0.1) is 34.5 Å². The molecule has 0 spiro atoms. The van der Waals surface area contributed by atoms with Gasteiger partial charge in [-0.05, 0) is 58.4 Å². The van der Waals surface area contributed by atoms with Crippen LogP contribution < -0.4 is 0 Å². The van der Waals surface area contributed by atoms with Gasteiger partial charge < -0.3 is 19.3 Å². The molecule has 12 atom stereocenters. The number of carbonyl (C=O) groups is 1. The van der Waals surface area contributed by atoms with Gasteiger partial charge in [-0.2, -0.15) is 0 Å². The van der Waals surface area contributed by atoms with Crippen LogP contribution in [0.15, 0.2) is 23.3 Å². The number of ketones is 1. The van der Waals surface area contributed by atoms with Crippen LogP contribution in [-0.4, -0.2) is 52.1 Å². The first-order chi connectivity index (χ1) is 15.5. The highest BCUT2D eigenvalue weighted by Crippen LogP contribution is 2.78. The zero-order valence-corrected chi connectivity index (χ0v) is 22.9. The van der Waals surface area contributed by atoms with E-state index in [0.717, 1.165) is 0 Å². The molecule has 1 N–H and O–H groups in total. The van der Waals surface area contributed by atoms with Crippen LogP contribution in [0.5, 0.6) is 0 Å². The van der Waals surface area contributed by atoms with E-state index in [1.54, 1.807) is 0 Å². The number of rotatable bonds is 6. The Morgan fingerprint density at radius 2 is 1.68 bits per heavy atom. The summed E-state index contributed by atoms with van der Waals surface area (Å²) in [5.41, 5.74) is 0.776. The molecule has 0 aromatic rings. The average molecular weight is 473 g/mol. The van der Waals surface area contributed by atoms with Crippen LogP contribution >= 0.6 is 0 Å². The Balaban J connectivity index is 1.58. The van der Waals surface area contributed by atoms with Gasteiger partial charge in [0.25, 0.3) is 0 Å². The maximum absolute atomic E-state index is 13.0. The van der Waals surface area contributed by atoms with Crippen molar-refractivity contribution in [1.82, 2.24) is 0 Å². The summed E-state index contributed by atoms with van der Waals surface area (Å²) < 4.78 is 18.8. The number of hydrogen-bond acceptors (Lipinski definition) is 5. The molecule has 5 heteroatoms. The van der Waals surface area contributed by atoms with E-state index >= 15 is 0 Å². The molecular weight excluding hydrogens is 428 g/mol. The molecule has 0 unspecified atom stereocenters. The second kappa shape index (κ2) is 6.85. The van der Waals surface area contributed by atoms with Crippen molar-refractivity contribution in [2.24, 2.45) is 34.5 Å². The van der Waals surface area contributed by atoms with Gasteiger partial charge in [0.2, 0.25) is 0 Å². The smallest absolute Gasteiger partial charge is 0.140 e. The fraction of sp³-hybridized carbons (Fsp3) is 0.828. The van der Waals surface area contributed by atoms with Gasteiger partial charge in [-0.25, -0.2) is 0 Å². The fourth-order valence-electron chi connectivity index (χ4n) is 9.49. The minimum absolute atomic E-state index is 0.0355. The van der Waals surface area contributed by atoms with Crippen molar-refractivity contribution in [3.8, 4) is 0 Å². The summed E-state index contributed by atoms with van der Waals surface area (Å²) in [7, 11) is 0. The third-order valence-corrected chi connectivity index (χ3v) is 10.5. The summed E-state index contributed by atoms with van der Waals surface area (Å²) in [5.74, 6) is -0.260. The van der Waals surface area contributed by atoms with Gasteiger partial charge in [0.15, 0.2) is 0 Å². The Kier molecular flexibility index (Phi) is 4.97. The minimum atomic E-state index is -0.763. The Hall–Kier alpha value is -1.01. The van der Waals surface area contributed by atoms with E-state index in [1.807, 2.05) is 20.8 Å². The molecule has 2 aliphatic carbocycles. The molecule has 0 aromatic heterocycles. The number of hydrogen-bond donors (Lipinski definition) is 1. The van der Waals surface area contributed by atoms with Crippen LogP contribution in [0.3, 0.4) is 0 Å². The molecule has 4 fully saturated rings. The maximum Gasteiger partial charge on any atom is 0.140 e. The lowest BCUT2D eigenvalue weighted by molar-refractivity contribution is -0.230. The van der Waals surface area contributed by atoms with Crippen molar-refractivity contribution >= 4 is 5.78 Å². The molecule has 3 aliphatic heterocycles. The summed E-state index contributed by atoms with van der Waals surface area (Å²) >= 11 is 0. The number of fused-ring (bicyclic) bond motifs is 4. The number of Topliss-reactive ketones (excluding diaryl/α,β-unsaturated/α-hetero) is 1.